The van der Waals surface area contributed by atoms with Crippen LogP contribution in [-0.2, 0) is 4.74 Å². The van der Waals surface area contributed by atoms with Crippen LogP contribution < -0.4 is 0 Å². The Balaban J connectivity index is 2.72. The lowest BCUT2D eigenvalue weighted by Gasteiger charge is -2.32. The highest BCUT2D eigenvalue weighted by Gasteiger charge is 2.29. The van der Waals surface area contributed by atoms with E-state index in [4.69, 9.17) is 4.74 Å². The lowest BCUT2D eigenvalue weighted by atomic mass is 9.83. The van der Waals surface area contributed by atoms with Crippen molar-refractivity contribution in [1.82, 2.24) is 0 Å². The first-order chi connectivity index (χ1) is 8.09. The van der Waals surface area contributed by atoms with Crippen molar-refractivity contribution in [2.45, 2.75) is 51.5 Å². The van der Waals surface area contributed by atoms with Crippen LogP contribution in [-0.4, -0.2) is 11.6 Å². The molecule has 0 amide bonds. The second-order valence-corrected chi connectivity index (χ2v) is 6.95. The van der Waals surface area contributed by atoms with Gasteiger partial charge in [-0.3, -0.25) is 0 Å². The van der Waals surface area contributed by atoms with E-state index in [-0.39, 0.29) is 11.4 Å². The molecule has 0 saturated carbocycles. The van der Waals surface area contributed by atoms with Crippen molar-refractivity contribution in [2.75, 3.05) is 0 Å². The van der Waals surface area contributed by atoms with Gasteiger partial charge in [-0.1, -0.05) is 20.8 Å². The number of rotatable bonds is 3. The topological polar surface area (TPSA) is 26.3 Å². The molecule has 0 saturated heterocycles. The average Bonchev–Trinajstić information content (AvgIpc) is 2.13. The zero-order valence-corrected chi connectivity index (χ0v) is 12.7. The van der Waals surface area contributed by atoms with E-state index in [0.29, 0.717) is 5.56 Å². The molecular formula is C15H22O2S. The summed E-state index contributed by atoms with van der Waals surface area (Å²) in [6, 6.07) is 7.04. The highest BCUT2D eigenvalue weighted by Crippen LogP contribution is 2.30. The third-order valence-electron chi connectivity index (χ3n) is 2.43. The fourth-order valence-corrected chi connectivity index (χ4v) is 2.37. The molecule has 3 heteroatoms. The molecule has 1 aromatic carbocycles. The zero-order valence-electron chi connectivity index (χ0n) is 11.8. The molecule has 0 aliphatic heterocycles. The van der Waals surface area contributed by atoms with Crippen molar-refractivity contribution in [3.8, 4) is 0 Å². The number of benzene rings is 1. The third-order valence-corrected chi connectivity index (χ3v) is 2.73. The quantitative estimate of drug-likeness (QED) is 0.650. The van der Waals surface area contributed by atoms with Crippen LogP contribution >= 0.6 is 12.6 Å². The Hall–Kier alpha value is -0.960. The van der Waals surface area contributed by atoms with Gasteiger partial charge in [0.25, 0.3) is 0 Å². The third kappa shape index (κ3) is 5.13. The Bertz CT molecular complexity index is 413. The van der Waals surface area contributed by atoms with Crippen LogP contribution in [0.4, 0.5) is 0 Å². The maximum Gasteiger partial charge on any atom is 0.338 e. The van der Waals surface area contributed by atoms with Crippen molar-refractivity contribution in [2.24, 2.45) is 5.41 Å². The van der Waals surface area contributed by atoms with Gasteiger partial charge in [-0.2, -0.15) is 0 Å². The van der Waals surface area contributed by atoms with Crippen molar-refractivity contribution < 1.29 is 9.53 Å². The molecule has 1 aromatic rings. The van der Waals surface area contributed by atoms with Crippen LogP contribution in [0.5, 0.6) is 0 Å². The summed E-state index contributed by atoms with van der Waals surface area (Å²) < 4.78 is 5.58. The van der Waals surface area contributed by atoms with Gasteiger partial charge in [0.05, 0.1) is 5.56 Å². The first kappa shape index (κ1) is 15.1. The Morgan fingerprint density at radius 2 is 1.61 bits per heavy atom. The van der Waals surface area contributed by atoms with Crippen molar-refractivity contribution in [3.63, 3.8) is 0 Å². The van der Waals surface area contributed by atoms with Gasteiger partial charge in [-0.05, 0) is 49.9 Å². The zero-order chi connectivity index (χ0) is 14.0. The summed E-state index contributed by atoms with van der Waals surface area (Å²) in [6.07, 6.45) is 0.816. The molecule has 0 heterocycles. The van der Waals surface area contributed by atoms with E-state index >= 15 is 0 Å². The van der Waals surface area contributed by atoms with Crippen molar-refractivity contribution in [1.29, 1.82) is 0 Å². The number of hydrogen-bond donors (Lipinski definition) is 1. The van der Waals surface area contributed by atoms with Crippen LogP contribution in [0.3, 0.4) is 0 Å². The summed E-state index contributed by atoms with van der Waals surface area (Å²) in [5, 5.41) is 0. The van der Waals surface area contributed by atoms with Gasteiger partial charge < -0.3 is 4.74 Å². The summed E-state index contributed by atoms with van der Waals surface area (Å²) in [6.45, 7) is 10.3. The Labute approximate surface area is 115 Å². The fraction of sp³-hybridized carbons (Fsp3) is 0.533. The van der Waals surface area contributed by atoms with Gasteiger partial charge in [-0.25, -0.2) is 4.79 Å². The second-order valence-electron chi connectivity index (χ2n) is 6.43. The van der Waals surface area contributed by atoms with Crippen molar-refractivity contribution >= 4 is 18.6 Å². The Morgan fingerprint density at radius 3 is 2.06 bits per heavy atom. The van der Waals surface area contributed by atoms with E-state index in [0.717, 1.165) is 11.3 Å². The van der Waals surface area contributed by atoms with E-state index in [1.807, 2.05) is 13.8 Å². The standard InChI is InChI=1S/C15H22O2S/c1-14(2,3)10-15(4,5)17-13(16)11-6-8-12(18)9-7-11/h6-9,18H,10H2,1-5H3. The first-order valence-electron chi connectivity index (χ1n) is 6.11. The molecule has 0 N–H and O–H groups in total. The minimum absolute atomic E-state index is 0.124. The molecule has 0 aliphatic rings. The molecular weight excluding hydrogens is 244 g/mol. The first-order valence-corrected chi connectivity index (χ1v) is 6.56. The molecule has 0 fully saturated rings. The molecule has 1 rings (SSSR count). The second kappa shape index (κ2) is 5.35. The SMILES string of the molecule is CC(C)(C)CC(C)(C)OC(=O)c1ccc(S)cc1. The smallest absolute Gasteiger partial charge is 0.338 e. The molecule has 0 bridgehead atoms. The number of esters is 1. The lowest BCUT2D eigenvalue weighted by Crippen LogP contribution is -2.32. The number of carbonyl (C=O) groups is 1. The van der Waals surface area contributed by atoms with Crippen LogP contribution in [0.15, 0.2) is 29.2 Å². The van der Waals surface area contributed by atoms with Crippen LogP contribution in [0.1, 0.15) is 51.4 Å². The highest BCUT2D eigenvalue weighted by atomic mass is 32.1. The van der Waals surface area contributed by atoms with Gasteiger partial charge in [0.15, 0.2) is 0 Å². The van der Waals surface area contributed by atoms with Crippen LogP contribution in [0.2, 0.25) is 0 Å². The van der Waals surface area contributed by atoms with Gasteiger partial charge in [0.2, 0.25) is 0 Å². The minimum atomic E-state index is -0.463. The number of thiol groups is 1. The van der Waals surface area contributed by atoms with Gasteiger partial charge >= 0.3 is 5.97 Å². The lowest BCUT2D eigenvalue weighted by molar-refractivity contribution is -0.0178. The Kier molecular flexibility index (Phi) is 4.49. The monoisotopic (exact) mass is 266 g/mol. The van der Waals surface area contributed by atoms with Crippen LogP contribution in [0.25, 0.3) is 0 Å². The number of carbonyl (C=O) groups excluding carboxylic acids is 1. The maximum absolute atomic E-state index is 12.0. The predicted octanol–water partition coefficient (Wildman–Crippen LogP) is 4.35. The van der Waals surface area contributed by atoms with E-state index in [1.54, 1.807) is 24.3 Å². The normalized spacial score (nSPS) is 12.3. The van der Waals surface area contributed by atoms with Gasteiger partial charge in [0, 0.05) is 4.90 Å². The number of ether oxygens (including phenoxy) is 1. The van der Waals surface area contributed by atoms with Crippen molar-refractivity contribution in [3.05, 3.63) is 29.8 Å². The largest absolute Gasteiger partial charge is 0.456 e. The summed E-state index contributed by atoms with van der Waals surface area (Å²) in [7, 11) is 0. The fourth-order valence-electron chi connectivity index (χ4n) is 2.22. The summed E-state index contributed by atoms with van der Waals surface area (Å²) in [5.41, 5.74) is 0.225. The molecule has 0 aliphatic carbocycles. The molecule has 2 nitrogen and oxygen atoms in total. The molecule has 0 atom stereocenters. The van der Waals surface area contributed by atoms with E-state index < -0.39 is 5.60 Å². The average molecular weight is 266 g/mol. The van der Waals surface area contributed by atoms with E-state index in [9.17, 15) is 4.79 Å². The summed E-state index contributed by atoms with van der Waals surface area (Å²) in [5.74, 6) is -0.280. The Morgan fingerprint density at radius 1 is 1.11 bits per heavy atom. The molecule has 18 heavy (non-hydrogen) atoms. The van der Waals surface area contributed by atoms with E-state index in [2.05, 4.69) is 33.4 Å². The minimum Gasteiger partial charge on any atom is -0.456 e. The van der Waals surface area contributed by atoms with Crippen LogP contribution in [0, 0.1) is 5.41 Å². The number of hydrogen-bond acceptors (Lipinski definition) is 3. The predicted molar refractivity (Wildman–Crippen MR) is 77.3 cm³/mol. The summed E-state index contributed by atoms with van der Waals surface area (Å²) >= 11 is 4.19. The molecule has 0 spiro atoms. The van der Waals surface area contributed by atoms with Gasteiger partial charge in [-0.15, -0.1) is 12.6 Å². The maximum atomic E-state index is 12.0. The van der Waals surface area contributed by atoms with Gasteiger partial charge in [0.1, 0.15) is 5.60 Å². The highest BCUT2D eigenvalue weighted by molar-refractivity contribution is 7.80. The molecule has 0 radical (unpaired) electrons. The molecule has 0 unspecified atom stereocenters. The summed E-state index contributed by atoms with van der Waals surface area (Å²) in [4.78, 5) is 12.8. The molecule has 100 valence electrons. The van der Waals surface area contributed by atoms with E-state index in [1.165, 1.54) is 0 Å². The molecule has 0 aromatic heterocycles.